The molecule has 13 heteroatoms. The fraction of sp³-hybridized carbons (Fsp3) is 0.364. The van der Waals surface area contributed by atoms with Gasteiger partial charge in [-0.25, -0.2) is 15.1 Å². The maximum atomic E-state index is 13.3. The van der Waals surface area contributed by atoms with E-state index in [1.807, 2.05) is 62.4 Å². The number of hydrogen-bond donors (Lipinski definition) is 4. The summed E-state index contributed by atoms with van der Waals surface area (Å²) in [5, 5.41) is 12.0. The Labute approximate surface area is 268 Å². The number of alkyl carbamates (subject to hydrolysis) is 1. The van der Waals surface area contributed by atoms with Crippen molar-refractivity contribution in [1.82, 2.24) is 10.8 Å². The van der Waals surface area contributed by atoms with Gasteiger partial charge in [-0.15, -0.1) is 4.40 Å². The summed E-state index contributed by atoms with van der Waals surface area (Å²) in [4.78, 5) is 29.7. The van der Waals surface area contributed by atoms with E-state index in [-0.39, 0.29) is 30.4 Å². The van der Waals surface area contributed by atoms with Gasteiger partial charge in [0, 0.05) is 24.3 Å². The van der Waals surface area contributed by atoms with E-state index in [4.69, 9.17) is 20.0 Å². The summed E-state index contributed by atoms with van der Waals surface area (Å²) >= 11 is 0. The first kappa shape index (κ1) is 32.8. The van der Waals surface area contributed by atoms with E-state index in [0.717, 1.165) is 27.8 Å². The number of nitrogens with zero attached hydrogens (tertiary/aromatic N) is 1. The topological polar surface area (TPSA) is 179 Å². The third kappa shape index (κ3) is 6.51. The van der Waals surface area contributed by atoms with E-state index < -0.39 is 39.7 Å². The maximum Gasteiger partial charge on any atom is 0.407 e. The van der Waals surface area contributed by atoms with Crippen LogP contribution in [0.4, 0.5) is 4.79 Å². The second-order valence-corrected chi connectivity index (χ2v) is 13.6. The first-order valence-corrected chi connectivity index (χ1v) is 16.3. The molecule has 1 atom stereocenters. The summed E-state index contributed by atoms with van der Waals surface area (Å²) in [7, 11) is -4.24. The van der Waals surface area contributed by atoms with E-state index in [0.29, 0.717) is 28.9 Å². The average molecular weight is 651 g/mol. The van der Waals surface area contributed by atoms with Crippen molar-refractivity contribution < 1.29 is 37.4 Å². The molecular formula is C33H38N4O8S. The number of nitrogens with one attached hydrogen (secondary N) is 2. The predicted molar refractivity (Wildman–Crippen MR) is 171 cm³/mol. The van der Waals surface area contributed by atoms with Crippen LogP contribution >= 0.6 is 0 Å². The smallest absolute Gasteiger partial charge is 0.407 e. The van der Waals surface area contributed by atoms with Crippen molar-refractivity contribution in [3.8, 4) is 16.9 Å². The number of ether oxygens (including phenoxy) is 2. The normalized spacial score (nSPS) is 15.7. The molecule has 2 aliphatic rings. The molecule has 0 radical (unpaired) electrons. The van der Waals surface area contributed by atoms with Crippen molar-refractivity contribution in [3.63, 3.8) is 0 Å². The molecule has 12 nitrogen and oxygen atoms in total. The number of fused-ring (bicyclic) bond motifs is 4. The molecule has 244 valence electrons. The van der Waals surface area contributed by atoms with E-state index in [2.05, 4.69) is 15.2 Å². The Hall–Kier alpha value is -4.62. The standard InChI is InChI=1S/C33H38N4O8S/c1-18-19(2)29(20(3)25-16-33(4,5)45-28(18)25)46(41,42)37-31(34)36-44-15-14-27(30(38)39)35-32(40)43-17-26-23-12-8-6-10-21(23)22-11-7-9-13-24(22)26/h6-13,26-27H,14-17H2,1-5H3,(H,35,40)(H,38,39)(H3,34,36,37)/t27-/m0/s1. The van der Waals surface area contributed by atoms with Gasteiger partial charge in [-0.05, 0) is 73.6 Å². The Morgan fingerprint density at radius 2 is 1.65 bits per heavy atom. The van der Waals surface area contributed by atoms with Gasteiger partial charge < -0.3 is 25.6 Å². The molecular weight excluding hydrogens is 612 g/mol. The van der Waals surface area contributed by atoms with Gasteiger partial charge in [0.25, 0.3) is 10.0 Å². The molecule has 1 aliphatic heterocycles. The molecule has 5 rings (SSSR count). The second-order valence-electron chi connectivity index (χ2n) is 12.1. The maximum absolute atomic E-state index is 13.3. The first-order valence-electron chi connectivity index (χ1n) is 14.8. The highest BCUT2D eigenvalue weighted by atomic mass is 32.2. The van der Waals surface area contributed by atoms with Gasteiger partial charge in [-0.2, -0.15) is 8.42 Å². The van der Waals surface area contributed by atoms with Crippen LogP contribution in [0.5, 0.6) is 5.75 Å². The Balaban J connectivity index is 1.15. The number of guanidine groups is 1. The number of nitrogens with two attached hydrogens (primary N) is 1. The van der Waals surface area contributed by atoms with Crippen molar-refractivity contribution in [2.45, 2.75) is 69.9 Å². The van der Waals surface area contributed by atoms with E-state index in [1.54, 1.807) is 20.8 Å². The van der Waals surface area contributed by atoms with Crippen LogP contribution in [0, 0.1) is 20.8 Å². The highest BCUT2D eigenvalue weighted by molar-refractivity contribution is 7.90. The Morgan fingerprint density at radius 3 is 2.26 bits per heavy atom. The van der Waals surface area contributed by atoms with Crippen LogP contribution in [-0.2, 0) is 30.8 Å². The molecule has 0 saturated carbocycles. The van der Waals surface area contributed by atoms with E-state index in [9.17, 15) is 23.1 Å². The Bertz CT molecular complexity index is 1790. The zero-order chi connectivity index (χ0) is 33.4. The number of hydrogen-bond acceptors (Lipinski definition) is 7. The number of benzene rings is 3. The number of aliphatic carboxylic acids is 1. The zero-order valence-electron chi connectivity index (χ0n) is 26.3. The Kier molecular flexibility index (Phi) is 9.00. The van der Waals surface area contributed by atoms with E-state index in [1.165, 1.54) is 0 Å². The first-order chi connectivity index (χ1) is 21.7. The third-order valence-corrected chi connectivity index (χ3v) is 9.95. The highest BCUT2D eigenvalue weighted by Gasteiger charge is 2.37. The summed E-state index contributed by atoms with van der Waals surface area (Å²) in [6, 6.07) is 14.4. The molecule has 0 fully saturated rings. The largest absolute Gasteiger partial charge is 0.487 e. The monoisotopic (exact) mass is 650 g/mol. The lowest BCUT2D eigenvalue weighted by Crippen LogP contribution is -2.43. The van der Waals surface area contributed by atoms with Crippen LogP contribution in [-0.4, -0.2) is 56.4 Å². The summed E-state index contributed by atoms with van der Waals surface area (Å²) in [5.74, 6) is -1.32. The molecule has 0 aromatic heterocycles. The SMILES string of the molecule is Cc1c(C)c(S(=O)(=O)/N=C(\N)NOCC[C@H](NC(=O)OCC2c3ccccc3-c3ccccc32)C(=O)O)c(C)c2c1OC(C)(C)C2. The number of carboxylic acid groups (broad SMARTS) is 1. The van der Waals surface area contributed by atoms with Crippen molar-refractivity contribution >= 4 is 28.0 Å². The molecule has 0 saturated heterocycles. The number of hydroxylamine groups is 1. The molecule has 0 unspecified atom stereocenters. The summed E-state index contributed by atoms with van der Waals surface area (Å²) < 4.78 is 41.8. The van der Waals surface area contributed by atoms with Crippen molar-refractivity contribution in [3.05, 3.63) is 81.9 Å². The number of carbonyl (C=O) groups excluding carboxylic acids is 1. The molecule has 5 N–H and O–H groups in total. The quantitative estimate of drug-likeness (QED) is 0.107. The lowest BCUT2D eigenvalue weighted by atomic mass is 9.94. The van der Waals surface area contributed by atoms with Crippen LogP contribution < -0.4 is 21.3 Å². The lowest BCUT2D eigenvalue weighted by Gasteiger charge is -2.18. The number of carbonyl (C=O) groups is 2. The second kappa shape index (κ2) is 12.6. The fourth-order valence-corrected chi connectivity index (χ4v) is 7.60. The van der Waals surface area contributed by atoms with Crippen molar-refractivity contribution in [2.24, 2.45) is 10.1 Å². The minimum absolute atomic E-state index is 0.0270. The highest BCUT2D eigenvalue weighted by Crippen LogP contribution is 2.45. The molecule has 0 spiro atoms. The Morgan fingerprint density at radius 1 is 1.04 bits per heavy atom. The molecule has 46 heavy (non-hydrogen) atoms. The van der Waals surface area contributed by atoms with Crippen molar-refractivity contribution in [1.29, 1.82) is 0 Å². The van der Waals surface area contributed by atoms with Crippen LogP contribution in [0.25, 0.3) is 11.1 Å². The van der Waals surface area contributed by atoms with Crippen LogP contribution in [0.2, 0.25) is 0 Å². The molecule has 1 amide bonds. The minimum atomic E-state index is -4.24. The molecule has 3 aromatic carbocycles. The summed E-state index contributed by atoms with van der Waals surface area (Å²) in [5.41, 5.74) is 14.4. The van der Waals surface area contributed by atoms with Gasteiger partial charge in [0.2, 0.25) is 5.96 Å². The average Bonchev–Trinajstić information content (AvgIpc) is 3.50. The van der Waals surface area contributed by atoms with Gasteiger partial charge in [-0.1, -0.05) is 48.5 Å². The predicted octanol–water partition coefficient (Wildman–Crippen LogP) is 4.23. The minimum Gasteiger partial charge on any atom is -0.487 e. The number of rotatable bonds is 10. The van der Waals surface area contributed by atoms with Crippen LogP contribution in [0.15, 0.2) is 57.8 Å². The van der Waals surface area contributed by atoms with Gasteiger partial charge in [-0.3, -0.25) is 4.84 Å². The summed E-state index contributed by atoms with van der Waals surface area (Å²) in [6.07, 6.45) is -0.517. The van der Waals surface area contributed by atoms with Gasteiger partial charge in [0.15, 0.2) is 0 Å². The zero-order valence-corrected chi connectivity index (χ0v) is 27.2. The van der Waals surface area contributed by atoms with Crippen LogP contribution in [0.1, 0.15) is 59.6 Å². The lowest BCUT2D eigenvalue weighted by molar-refractivity contribution is -0.140. The van der Waals surface area contributed by atoms with Crippen molar-refractivity contribution in [2.75, 3.05) is 13.2 Å². The van der Waals surface area contributed by atoms with Gasteiger partial charge in [0.1, 0.15) is 24.0 Å². The number of sulfonamides is 1. The van der Waals surface area contributed by atoms with Gasteiger partial charge in [0.05, 0.1) is 11.5 Å². The van der Waals surface area contributed by atoms with E-state index >= 15 is 0 Å². The molecule has 3 aromatic rings. The number of amides is 1. The molecule has 1 aliphatic carbocycles. The van der Waals surface area contributed by atoms with Crippen LogP contribution in [0.3, 0.4) is 0 Å². The van der Waals surface area contributed by atoms with Gasteiger partial charge >= 0.3 is 12.1 Å². The third-order valence-electron chi connectivity index (χ3n) is 8.39. The summed E-state index contributed by atoms with van der Waals surface area (Å²) in [6.45, 7) is 8.87. The molecule has 1 heterocycles. The molecule has 0 bridgehead atoms. The number of carboxylic acids is 1. The fourth-order valence-electron chi connectivity index (χ4n) is 6.17.